The molecule has 1 saturated carbocycles. The summed E-state index contributed by atoms with van der Waals surface area (Å²) in [6.07, 6.45) is 13.9. The lowest BCUT2D eigenvalue weighted by atomic mass is 9.77. The van der Waals surface area contributed by atoms with Gasteiger partial charge in [-0.05, 0) is 79.0 Å². The molecule has 158 valence electrons. The van der Waals surface area contributed by atoms with E-state index in [-0.39, 0.29) is 0 Å². The number of benzene rings is 2. The highest BCUT2D eigenvalue weighted by molar-refractivity contribution is 5.54. The first-order valence-corrected chi connectivity index (χ1v) is 11.5. The lowest BCUT2D eigenvalue weighted by Crippen LogP contribution is -2.13. The van der Waals surface area contributed by atoms with Gasteiger partial charge in [0.2, 0.25) is 0 Å². The standard InChI is InChI=1S/C26H38N2O/c1-2-3-4-5-6-7-20-8-10-22(11-9-20)23-12-14-26(15-13-23)29-19-21-16-24(27)18-25(28)17-21/h12-18,20,22H,2-11,19,27-28H2,1H3. The van der Waals surface area contributed by atoms with Crippen LogP contribution in [-0.4, -0.2) is 0 Å². The molecule has 0 bridgehead atoms. The van der Waals surface area contributed by atoms with Crippen LogP contribution in [0.15, 0.2) is 42.5 Å². The molecule has 0 heterocycles. The van der Waals surface area contributed by atoms with Crippen LogP contribution in [0.3, 0.4) is 0 Å². The number of nitrogens with two attached hydrogens (primary N) is 2. The third-order valence-corrected chi connectivity index (χ3v) is 6.36. The number of hydrogen-bond acceptors (Lipinski definition) is 3. The Bertz CT molecular complexity index is 713. The summed E-state index contributed by atoms with van der Waals surface area (Å²) in [5, 5.41) is 0. The minimum absolute atomic E-state index is 0.484. The monoisotopic (exact) mass is 394 g/mol. The number of nitrogen functional groups attached to an aromatic ring is 2. The second-order valence-corrected chi connectivity index (χ2v) is 8.79. The summed E-state index contributed by atoms with van der Waals surface area (Å²) in [6.45, 7) is 2.77. The third-order valence-electron chi connectivity index (χ3n) is 6.36. The van der Waals surface area contributed by atoms with Crippen LogP contribution in [0.25, 0.3) is 0 Å². The SMILES string of the molecule is CCCCCCCC1CCC(c2ccc(OCc3cc(N)cc(N)c3)cc2)CC1. The second kappa shape index (κ2) is 11.1. The lowest BCUT2D eigenvalue weighted by molar-refractivity contribution is 0.299. The van der Waals surface area contributed by atoms with Crippen LogP contribution in [0.4, 0.5) is 11.4 Å². The van der Waals surface area contributed by atoms with E-state index in [2.05, 4.69) is 31.2 Å². The van der Waals surface area contributed by atoms with E-state index in [0.29, 0.717) is 23.9 Å². The fourth-order valence-electron chi connectivity index (χ4n) is 4.65. The van der Waals surface area contributed by atoms with Crippen LogP contribution in [0.5, 0.6) is 5.75 Å². The van der Waals surface area contributed by atoms with Crippen molar-refractivity contribution in [3.63, 3.8) is 0 Å². The molecule has 3 heteroatoms. The zero-order valence-corrected chi connectivity index (χ0v) is 18.0. The van der Waals surface area contributed by atoms with Crippen molar-refractivity contribution < 1.29 is 4.74 Å². The van der Waals surface area contributed by atoms with Gasteiger partial charge in [-0.1, -0.05) is 57.6 Å². The summed E-state index contributed by atoms with van der Waals surface area (Å²) in [7, 11) is 0. The molecule has 0 aliphatic heterocycles. The van der Waals surface area contributed by atoms with E-state index in [4.69, 9.17) is 16.2 Å². The van der Waals surface area contributed by atoms with Gasteiger partial charge in [0.1, 0.15) is 12.4 Å². The summed E-state index contributed by atoms with van der Waals surface area (Å²) in [6, 6.07) is 14.3. The molecule has 0 atom stereocenters. The summed E-state index contributed by atoms with van der Waals surface area (Å²) >= 11 is 0. The molecule has 1 aliphatic rings. The Balaban J connectivity index is 1.41. The van der Waals surface area contributed by atoms with E-state index < -0.39 is 0 Å². The zero-order valence-electron chi connectivity index (χ0n) is 18.0. The first kappa shape index (κ1) is 21.5. The first-order valence-electron chi connectivity index (χ1n) is 11.5. The third kappa shape index (κ3) is 6.99. The van der Waals surface area contributed by atoms with Crippen molar-refractivity contribution in [2.24, 2.45) is 5.92 Å². The van der Waals surface area contributed by atoms with E-state index in [1.165, 1.54) is 69.8 Å². The maximum absolute atomic E-state index is 5.92. The molecule has 2 aromatic rings. The van der Waals surface area contributed by atoms with E-state index in [1.807, 2.05) is 12.1 Å². The molecule has 3 nitrogen and oxygen atoms in total. The van der Waals surface area contributed by atoms with Crippen molar-refractivity contribution in [3.8, 4) is 5.75 Å². The predicted molar refractivity (Wildman–Crippen MR) is 124 cm³/mol. The van der Waals surface area contributed by atoms with Crippen molar-refractivity contribution in [3.05, 3.63) is 53.6 Å². The van der Waals surface area contributed by atoms with Crippen LogP contribution in [0.1, 0.15) is 88.2 Å². The Morgan fingerprint density at radius 3 is 2.14 bits per heavy atom. The van der Waals surface area contributed by atoms with Crippen LogP contribution in [0.2, 0.25) is 0 Å². The summed E-state index contributed by atoms with van der Waals surface area (Å²) in [5.74, 6) is 2.57. The Morgan fingerprint density at radius 2 is 1.48 bits per heavy atom. The fraction of sp³-hybridized carbons (Fsp3) is 0.538. The molecule has 0 spiro atoms. The molecule has 0 unspecified atom stereocenters. The minimum Gasteiger partial charge on any atom is -0.489 e. The summed E-state index contributed by atoms with van der Waals surface area (Å²) in [4.78, 5) is 0. The highest BCUT2D eigenvalue weighted by atomic mass is 16.5. The topological polar surface area (TPSA) is 61.3 Å². The molecule has 3 rings (SSSR count). The van der Waals surface area contributed by atoms with Crippen molar-refractivity contribution in [2.75, 3.05) is 11.5 Å². The van der Waals surface area contributed by atoms with Crippen LogP contribution < -0.4 is 16.2 Å². The number of rotatable bonds is 10. The minimum atomic E-state index is 0.484. The molecule has 0 radical (unpaired) electrons. The average Bonchev–Trinajstić information content (AvgIpc) is 2.72. The molecule has 0 saturated heterocycles. The summed E-state index contributed by atoms with van der Waals surface area (Å²) < 4.78 is 5.92. The maximum atomic E-state index is 5.92. The summed E-state index contributed by atoms with van der Waals surface area (Å²) in [5.41, 5.74) is 15.5. The van der Waals surface area contributed by atoms with E-state index in [0.717, 1.165) is 17.2 Å². The fourth-order valence-corrected chi connectivity index (χ4v) is 4.65. The van der Waals surface area contributed by atoms with Crippen molar-refractivity contribution in [2.45, 2.75) is 83.7 Å². The number of unbranched alkanes of at least 4 members (excludes halogenated alkanes) is 4. The number of hydrogen-bond donors (Lipinski definition) is 2. The molecule has 1 aliphatic carbocycles. The highest BCUT2D eigenvalue weighted by Crippen LogP contribution is 2.38. The second-order valence-electron chi connectivity index (χ2n) is 8.79. The predicted octanol–water partition coefficient (Wildman–Crippen LogP) is 7.06. The van der Waals surface area contributed by atoms with Gasteiger partial charge in [0.15, 0.2) is 0 Å². The Labute approximate surface area is 176 Å². The van der Waals surface area contributed by atoms with Crippen LogP contribution >= 0.6 is 0 Å². The lowest BCUT2D eigenvalue weighted by Gasteiger charge is -2.29. The normalized spacial score (nSPS) is 19.2. The van der Waals surface area contributed by atoms with Crippen molar-refractivity contribution >= 4 is 11.4 Å². The molecule has 4 N–H and O–H groups in total. The number of anilines is 2. The maximum Gasteiger partial charge on any atom is 0.119 e. The average molecular weight is 395 g/mol. The van der Waals surface area contributed by atoms with E-state index in [9.17, 15) is 0 Å². The van der Waals surface area contributed by atoms with Gasteiger partial charge in [-0.25, -0.2) is 0 Å². The quantitative estimate of drug-likeness (QED) is 0.335. The molecule has 2 aromatic carbocycles. The van der Waals surface area contributed by atoms with Crippen LogP contribution in [-0.2, 0) is 6.61 Å². The molecule has 1 fully saturated rings. The van der Waals surface area contributed by atoms with E-state index >= 15 is 0 Å². The van der Waals surface area contributed by atoms with Crippen LogP contribution in [0, 0.1) is 5.92 Å². The molecule has 0 amide bonds. The zero-order chi connectivity index (χ0) is 20.5. The van der Waals surface area contributed by atoms with Gasteiger partial charge in [0.25, 0.3) is 0 Å². The van der Waals surface area contributed by atoms with Gasteiger partial charge in [0.05, 0.1) is 0 Å². The van der Waals surface area contributed by atoms with Gasteiger partial charge in [-0.2, -0.15) is 0 Å². The van der Waals surface area contributed by atoms with Gasteiger partial charge < -0.3 is 16.2 Å². The van der Waals surface area contributed by atoms with Gasteiger partial charge >= 0.3 is 0 Å². The Kier molecular flexibility index (Phi) is 8.27. The first-order chi connectivity index (χ1) is 14.1. The smallest absolute Gasteiger partial charge is 0.119 e. The van der Waals surface area contributed by atoms with Crippen molar-refractivity contribution in [1.82, 2.24) is 0 Å². The highest BCUT2D eigenvalue weighted by Gasteiger charge is 2.22. The molecular formula is C26H38N2O. The molecular weight excluding hydrogens is 356 g/mol. The van der Waals surface area contributed by atoms with Crippen molar-refractivity contribution in [1.29, 1.82) is 0 Å². The Hall–Kier alpha value is -2.16. The number of ether oxygens (including phenoxy) is 1. The van der Waals surface area contributed by atoms with E-state index in [1.54, 1.807) is 6.07 Å². The Morgan fingerprint density at radius 1 is 0.828 bits per heavy atom. The van der Waals surface area contributed by atoms with Gasteiger partial charge in [0, 0.05) is 11.4 Å². The largest absolute Gasteiger partial charge is 0.489 e. The van der Waals surface area contributed by atoms with Gasteiger partial charge in [-0.3, -0.25) is 0 Å². The molecule has 29 heavy (non-hydrogen) atoms. The van der Waals surface area contributed by atoms with Gasteiger partial charge in [-0.15, -0.1) is 0 Å². The molecule has 0 aromatic heterocycles.